The van der Waals surface area contributed by atoms with E-state index < -0.39 is 0 Å². The fourth-order valence-electron chi connectivity index (χ4n) is 3.73. The lowest BCUT2D eigenvalue weighted by Crippen LogP contribution is -2.39. The maximum atomic E-state index is 11.9. The highest BCUT2D eigenvalue weighted by Gasteiger charge is 2.62. The standard InChI is InChI=1S/C15H26O2/c1-6-10(2)13(16)17-12-9-11-7-8-15(12,5)14(11,3)4/h10-12H,6-9H2,1-5H3/t10?,11-,12+,15-/m1/s1. The van der Waals surface area contributed by atoms with Crippen LogP contribution in [0.3, 0.4) is 0 Å². The van der Waals surface area contributed by atoms with Gasteiger partial charge in [-0.25, -0.2) is 0 Å². The van der Waals surface area contributed by atoms with E-state index >= 15 is 0 Å². The molecule has 0 aromatic rings. The molecule has 2 aliphatic rings. The van der Waals surface area contributed by atoms with Crippen molar-refractivity contribution >= 4 is 5.97 Å². The van der Waals surface area contributed by atoms with Crippen LogP contribution in [0, 0.1) is 22.7 Å². The molecule has 0 amide bonds. The van der Waals surface area contributed by atoms with E-state index in [-0.39, 0.29) is 23.4 Å². The van der Waals surface area contributed by atoms with Gasteiger partial charge in [-0.05, 0) is 37.0 Å². The number of ether oxygens (including phenoxy) is 1. The van der Waals surface area contributed by atoms with Crippen LogP contribution in [0.4, 0.5) is 0 Å². The summed E-state index contributed by atoms with van der Waals surface area (Å²) in [5.74, 6) is 0.783. The molecule has 0 saturated heterocycles. The van der Waals surface area contributed by atoms with Gasteiger partial charge in [0, 0.05) is 5.41 Å². The van der Waals surface area contributed by atoms with Crippen molar-refractivity contribution in [2.24, 2.45) is 22.7 Å². The molecule has 98 valence electrons. The number of hydrogen-bond acceptors (Lipinski definition) is 2. The highest BCUT2D eigenvalue weighted by atomic mass is 16.5. The Morgan fingerprint density at radius 3 is 2.47 bits per heavy atom. The van der Waals surface area contributed by atoms with Crippen LogP contribution in [0.25, 0.3) is 0 Å². The minimum atomic E-state index is 0.00192. The second-order valence-electron chi connectivity index (χ2n) is 6.85. The van der Waals surface area contributed by atoms with E-state index in [0.717, 1.165) is 18.8 Å². The maximum Gasteiger partial charge on any atom is 0.308 e. The third-order valence-electron chi connectivity index (χ3n) is 5.99. The molecule has 2 aliphatic carbocycles. The van der Waals surface area contributed by atoms with Crippen LogP contribution in [0.2, 0.25) is 0 Å². The summed E-state index contributed by atoms with van der Waals surface area (Å²) in [5, 5.41) is 0. The molecule has 2 nitrogen and oxygen atoms in total. The Morgan fingerprint density at radius 2 is 2.06 bits per heavy atom. The zero-order valence-electron chi connectivity index (χ0n) is 11.9. The van der Waals surface area contributed by atoms with Crippen molar-refractivity contribution in [1.82, 2.24) is 0 Å². The lowest BCUT2D eigenvalue weighted by Gasteiger charge is -2.38. The largest absolute Gasteiger partial charge is 0.462 e. The van der Waals surface area contributed by atoms with Crippen molar-refractivity contribution in [2.45, 2.75) is 66.4 Å². The molecule has 0 N–H and O–H groups in total. The quantitative estimate of drug-likeness (QED) is 0.699. The Balaban J connectivity index is 2.08. The Bertz CT molecular complexity index is 321. The monoisotopic (exact) mass is 238 g/mol. The molecule has 2 heteroatoms. The SMILES string of the molecule is CCC(C)C(=O)O[C@H]1C[C@H]2CC[C@@]1(C)C2(C)C. The van der Waals surface area contributed by atoms with Gasteiger partial charge in [-0.2, -0.15) is 0 Å². The van der Waals surface area contributed by atoms with Crippen molar-refractivity contribution < 1.29 is 9.53 Å². The molecular weight excluding hydrogens is 212 g/mol. The predicted octanol–water partition coefficient (Wildman–Crippen LogP) is 3.79. The molecule has 4 atom stereocenters. The van der Waals surface area contributed by atoms with Crippen LogP contribution < -0.4 is 0 Å². The summed E-state index contributed by atoms with van der Waals surface area (Å²) in [6.45, 7) is 11.0. The molecule has 2 bridgehead atoms. The average Bonchev–Trinajstić information content (AvgIpc) is 2.60. The normalized spacial score (nSPS) is 40.3. The van der Waals surface area contributed by atoms with Gasteiger partial charge in [-0.1, -0.05) is 34.6 Å². The molecular formula is C15H26O2. The first-order chi connectivity index (χ1) is 7.83. The zero-order valence-corrected chi connectivity index (χ0v) is 11.9. The molecule has 0 radical (unpaired) electrons. The molecule has 0 aromatic carbocycles. The fourth-order valence-corrected chi connectivity index (χ4v) is 3.73. The minimum Gasteiger partial charge on any atom is -0.462 e. The molecule has 0 heterocycles. The van der Waals surface area contributed by atoms with E-state index in [1.54, 1.807) is 0 Å². The number of rotatable bonds is 3. The molecule has 2 rings (SSSR count). The summed E-state index contributed by atoms with van der Waals surface area (Å²) in [6, 6.07) is 0. The van der Waals surface area contributed by atoms with Gasteiger partial charge in [-0.3, -0.25) is 4.79 Å². The second kappa shape index (κ2) is 4.00. The van der Waals surface area contributed by atoms with Gasteiger partial charge in [0.15, 0.2) is 0 Å². The van der Waals surface area contributed by atoms with Gasteiger partial charge in [0.1, 0.15) is 6.10 Å². The summed E-state index contributed by atoms with van der Waals surface area (Å²) < 4.78 is 5.80. The molecule has 0 aliphatic heterocycles. The predicted molar refractivity (Wildman–Crippen MR) is 68.6 cm³/mol. The topological polar surface area (TPSA) is 26.3 Å². The van der Waals surface area contributed by atoms with Crippen molar-refractivity contribution in [2.75, 3.05) is 0 Å². The zero-order chi connectivity index (χ0) is 12.8. The molecule has 2 saturated carbocycles. The van der Waals surface area contributed by atoms with E-state index in [4.69, 9.17) is 4.74 Å². The third kappa shape index (κ3) is 1.71. The van der Waals surface area contributed by atoms with Crippen LogP contribution in [-0.2, 0) is 9.53 Å². The third-order valence-corrected chi connectivity index (χ3v) is 5.99. The number of carbonyl (C=O) groups excluding carboxylic acids is 1. The van der Waals surface area contributed by atoms with E-state index in [1.165, 1.54) is 12.8 Å². The summed E-state index contributed by atoms with van der Waals surface area (Å²) in [5.41, 5.74) is 0.522. The van der Waals surface area contributed by atoms with Crippen LogP contribution in [0.15, 0.2) is 0 Å². The Morgan fingerprint density at radius 1 is 1.41 bits per heavy atom. The van der Waals surface area contributed by atoms with Crippen LogP contribution in [-0.4, -0.2) is 12.1 Å². The van der Waals surface area contributed by atoms with Crippen molar-refractivity contribution in [3.8, 4) is 0 Å². The lowest BCUT2D eigenvalue weighted by molar-refractivity contribution is -0.161. The minimum absolute atomic E-state index is 0.00192. The smallest absolute Gasteiger partial charge is 0.308 e. The molecule has 17 heavy (non-hydrogen) atoms. The number of esters is 1. The Kier molecular flexibility index (Phi) is 3.04. The Hall–Kier alpha value is -0.530. The van der Waals surface area contributed by atoms with Gasteiger partial charge in [0.25, 0.3) is 0 Å². The van der Waals surface area contributed by atoms with E-state index in [9.17, 15) is 4.79 Å². The molecule has 0 aromatic heterocycles. The molecule has 0 spiro atoms. The molecule has 1 unspecified atom stereocenters. The molecule has 2 fully saturated rings. The van der Waals surface area contributed by atoms with Crippen molar-refractivity contribution in [3.05, 3.63) is 0 Å². The van der Waals surface area contributed by atoms with E-state index in [1.807, 2.05) is 13.8 Å². The van der Waals surface area contributed by atoms with Crippen molar-refractivity contribution in [1.29, 1.82) is 0 Å². The summed E-state index contributed by atoms with van der Waals surface area (Å²) in [4.78, 5) is 11.9. The summed E-state index contributed by atoms with van der Waals surface area (Å²) >= 11 is 0. The number of hydrogen-bond donors (Lipinski definition) is 0. The first-order valence-corrected chi connectivity index (χ1v) is 7.03. The van der Waals surface area contributed by atoms with Gasteiger partial charge in [0.05, 0.1) is 5.92 Å². The first kappa shape index (κ1) is 12.9. The van der Waals surface area contributed by atoms with E-state index in [2.05, 4.69) is 20.8 Å². The van der Waals surface area contributed by atoms with Gasteiger partial charge in [-0.15, -0.1) is 0 Å². The van der Waals surface area contributed by atoms with Crippen molar-refractivity contribution in [3.63, 3.8) is 0 Å². The highest BCUT2D eigenvalue weighted by Crippen LogP contribution is 2.66. The maximum absolute atomic E-state index is 11.9. The number of carbonyl (C=O) groups is 1. The first-order valence-electron chi connectivity index (χ1n) is 7.03. The van der Waals surface area contributed by atoms with Crippen LogP contribution in [0.1, 0.15) is 60.3 Å². The van der Waals surface area contributed by atoms with Crippen LogP contribution in [0.5, 0.6) is 0 Å². The Labute approximate surface area is 105 Å². The van der Waals surface area contributed by atoms with Crippen LogP contribution >= 0.6 is 0 Å². The lowest BCUT2D eigenvalue weighted by atomic mass is 9.70. The highest BCUT2D eigenvalue weighted by molar-refractivity contribution is 5.72. The second-order valence-corrected chi connectivity index (χ2v) is 6.85. The fraction of sp³-hybridized carbons (Fsp3) is 0.933. The average molecular weight is 238 g/mol. The summed E-state index contributed by atoms with van der Waals surface area (Å²) in [6.07, 6.45) is 4.61. The van der Waals surface area contributed by atoms with Gasteiger partial charge >= 0.3 is 5.97 Å². The van der Waals surface area contributed by atoms with Gasteiger partial charge in [0.2, 0.25) is 0 Å². The summed E-state index contributed by atoms with van der Waals surface area (Å²) in [7, 11) is 0. The van der Waals surface area contributed by atoms with E-state index in [0.29, 0.717) is 5.41 Å². The number of fused-ring (bicyclic) bond motifs is 2. The van der Waals surface area contributed by atoms with Gasteiger partial charge < -0.3 is 4.74 Å².